The summed E-state index contributed by atoms with van der Waals surface area (Å²) in [6.07, 6.45) is 1.34. The van der Waals surface area contributed by atoms with Crippen molar-refractivity contribution in [1.82, 2.24) is 9.71 Å². The van der Waals surface area contributed by atoms with Gasteiger partial charge in [0.15, 0.2) is 5.03 Å². The minimum Gasteiger partial charge on any atom is -0.392 e. The van der Waals surface area contributed by atoms with Crippen LogP contribution in [0.5, 0.6) is 0 Å². The first-order chi connectivity index (χ1) is 8.80. The molecule has 0 radical (unpaired) electrons. The van der Waals surface area contributed by atoms with Crippen molar-refractivity contribution in [3.8, 4) is 0 Å². The third-order valence-corrected chi connectivity index (χ3v) is 3.80. The molecule has 0 bridgehead atoms. The lowest BCUT2D eigenvalue weighted by Gasteiger charge is -2.24. The number of nitrogens with one attached hydrogen (secondary N) is 1. The van der Waals surface area contributed by atoms with Gasteiger partial charge >= 0.3 is 0 Å². The molecule has 0 spiro atoms. The molecule has 19 heavy (non-hydrogen) atoms. The molecule has 1 rings (SSSR count). The summed E-state index contributed by atoms with van der Waals surface area (Å²) < 4.78 is 31.9. The zero-order valence-electron chi connectivity index (χ0n) is 11.4. The van der Waals surface area contributed by atoms with E-state index >= 15 is 0 Å². The van der Waals surface area contributed by atoms with Crippen LogP contribution in [0.4, 0.5) is 0 Å². The molecule has 108 valence electrons. The number of nitrogens with zero attached hydrogens (tertiary/aromatic N) is 1. The molecule has 1 aromatic heterocycles. The van der Waals surface area contributed by atoms with Gasteiger partial charge in [0.1, 0.15) is 0 Å². The van der Waals surface area contributed by atoms with Gasteiger partial charge in [-0.15, -0.1) is 0 Å². The van der Waals surface area contributed by atoms with E-state index in [1.807, 2.05) is 6.92 Å². The van der Waals surface area contributed by atoms with Gasteiger partial charge in [-0.3, -0.25) is 0 Å². The summed E-state index contributed by atoms with van der Waals surface area (Å²) in [6.45, 7) is 5.97. The summed E-state index contributed by atoms with van der Waals surface area (Å²) >= 11 is 0. The average molecular weight is 288 g/mol. The first-order valence-corrected chi connectivity index (χ1v) is 7.48. The van der Waals surface area contributed by atoms with Crippen molar-refractivity contribution < 1.29 is 18.3 Å². The summed E-state index contributed by atoms with van der Waals surface area (Å²) in [7, 11) is -3.66. The molecule has 2 N–H and O–H groups in total. The number of rotatable bonds is 7. The van der Waals surface area contributed by atoms with Crippen LogP contribution >= 0.6 is 0 Å². The third kappa shape index (κ3) is 4.87. The molecule has 0 aliphatic carbocycles. The van der Waals surface area contributed by atoms with Crippen molar-refractivity contribution in [3.63, 3.8) is 0 Å². The maximum absolute atomic E-state index is 12.0. The number of aliphatic hydroxyl groups excluding tert-OH is 1. The van der Waals surface area contributed by atoms with Crippen molar-refractivity contribution in [2.45, 2.75) is 38.0 Å². The molecule has 0 atom stereocenters. The van der Waals surface area contributed by atoms with Gasteiger partial charge in [0, 0.05) is 19.3 Å². The van der Waals surface area contributed by atoms with Gasteiger partial charge < -0.3 is 9.84 Å². The number of aliphatic hydroxyl groups is 1. The fourth-order valence-corrected chi connectivity index (χ4v) is 2.57. The quantitative estimate of drug-likeness (QED) is 0.769. The van der Waals surface area contributed by atoms with Crippen molar-refractivity contribution in [3.05, 3.63) is 23.9 Å². The Bertz CT molecular complexity index is 497. The molecule has 1 aromatic rings. The Morgan fingerprint density at radius 3 is 2.58 bits per heavy atom. The van der Waals surface area contributed by atoms with Crippen molar-refractivity contribution in [2.75, 3.05) is 13.2 Å². The highest BCUT2D eigenvalue weighted by Gasteiger charge is 2.23. The van der Waals surface area contributed by atoms with E-state index in [1.165, 1.54) is 18.3 Å². The second-order valence-electron chi connectivity index (χ2n) is 4.68. The molecule has 6 nitrogen and oxygen atoms in total. The van der Waals surface area contributed by atoms with Crippen molar-refractivity contribution in [2.24, 2.45) is 0 Å². The summed E-state index contributed by atoms with van der Waals surface area (Å²) in [5, 5.41) is 8.81. The summed E-state index contributed by atoms with van der Waals surface area (Å²) in [4.78, 5) is 3.82. The van der Waals surface area contributed by atoms with Gasteiger partial charge in [-0.1, -0.05) is 6.07 Å². The van der Waals surface area contributed by atoms with E-state index in [1.54, 1.807) is 13.8 Å². The van der Waals surface area contributed by atoms with Crippen LogP contribution in [0.3, 0.4) is 0 Å². The summed E-state index contributed by atoms with van der Waals surface area (Å²) in [5.41, 5.74) is -0.0130. The Balaban J connectivity index is 2.75. The molecular formula is C12H20N2O4S. The SMILES string of the molecule is CCOC(C)(C)CNS(=O)(=O)c1ccc(CO)cn1. The van der Waals surface area contributed by atoms with Crippen LogP contribution < -0.4 is 4.72 Å². The molecule has 0 saturated heterocycles. The molecule has 0 fully saturated rings. The van der Waals surface area contributed by atoms with E-state index in [-0.39, 0.29) is 18.2 Å². The number of ether oxygens (including phenoxy) is 1. The monoisotopic (exact) mass is 288 g/mol. The van der Waals surface area contributed by atoms with Crippen LogP contribution in [0.15, 0.2) is 23.4 Å². The zero-order valence-corrected chi connectivity index (χ0v) is 12.2. The van der Waals surface area contributed by atoms with Crippen molar-refractivity contribution in [1.29, 1.82) is 0 Å². The minimum absolute atomic E-state index is 0.0722. The van der Waals surface area contributed by atoms with E-state index in [0.717, 1.165) is 0 Å². The highest BCUT2D eigenvalue weighted by Crippen LogP contribution is 2.11. The predicted molar refractivity (Wildman–Crippen MR) is 71.1 cm³/mol. The fraction of sp³-hybridized carbons (Fsp3) is 0.583. The first kappa shape index (κ1) is 16.0. The number of pyridine rings is 1. The van der Waals surface area contributed by atoms with E-state index < -0.39 is 15.6 Å². The van der Waals surface area contributed by atoms with Crippen LogP contribution in [0.2, 0.25) is 0 Å². The largest absolute Gasteiger partial charge is 0.392 e. The Kier molecular flexibility index (Phi) is 5.42. The van der Waals surface area contributed by atoms with Gasteiger partial charge in [-0.25, -0.2) is 18.1 Å². The van der Waals surface area contributed by atoms with E-state index in [2.05, 4.69) is 9.71 Å². The Morgan fingerprint density at radius 1 is 1.42 bits per heavy atom. The topological polar surface area (TPSA) is 88.5 Å². The standard InChI is InChI=1S/C12H20N2O4S/c1-4-18-12(2,3)9-14-19(16,17)11-6-5-10(8-15)7-13-11/h5-7,14-15H,4,8-9H2,1-3H3. The van der Waals surface area contributed by atoms with Crippen LogP contribution in [0, 0.1) is 0 Å². The Labute approximate surface area is 113 Å². The highest BCUT2D eigenvalue weighted by atomic mass is 32.2. The molecule has 0 amide bonds. The molecule has 7 heteroatoms. The summed E-state index contributed by atoms with van der Waals surface area (Å²) in [5.74, 6) is 0. The average Bonchev–Trinajstić information content (AvgIpc) is 2.37. The van der Waals surface area contributed by atoms with Crippen LogP contribution in [-0.2, 0) is 21.4 Å². The summed E-state index contributed by atoms with van der Waals surface area (Å²) in [6, 6.07) is 2.89. The zero-order chi connectivity index (χ0) is 14.5. The number of sulfonamides is 1. The molecule has 1 heterocycles. The Morgan fingerprint density at radius 2 is 2.11 bits per heavy atom. The predicted octanol–water partition coefficient (Wildman–Crippen LogP) is 0.667. The molecule has 0 aromatic carbocycles. The van der Waals surface area contributed by atoms with Crippen LogP contribution in [-0.4, -0.2) is 37.3 Å². The van der Waals surface area contributed by atoms with Crippen LogP contribution in [0.1, 0.15) is 26.3 Å². The Hall–Kier alpha value is -1.02. The third-order valence-electron chi connectivity index (χ3n) is 2.48. The van der Waals surface area contributed by atoms with Gasteiger partial charge in [-0.05, 0) is 32.4 Å². The minimum atomic E-state index is -3.66. The fourth-order valence-electron chi connectivity index (χ4n) is 1.45. The van der Waals surface area contributed by atoms with Gasteiger partial charge in [0.2, 0.25) is 0 Å². The lowest BCUT2D eigenvalue weighted by atomic mass is 10.1. The van der Waals surface area contributed by atoms with Crippen molar-refractivity contribution >= 4 is 10.0 Å². The molecular weight excluding hydrogens is 268 g/mol. The van der Waals surface area contributed by atoms with E-state index in [9.17, 15) is 8.42 Å². The molecule has 0 aliphatic heterocycles. The van der Waals surface area contributed by atoms with Gasteiger partial charge in [-0.2, -0.15) is 0 Å². The number of hydrogen-bond acceptors (Lipinski definition) is 5. The van der Waals surface area contributed by atoms with E-state index in [4.69, 9.17) is 9.84 Å². The normalized spacial score (nSPS) is 12.6. The first-order valence-electron chi connectivity index (χ1n) is 6.00. The maximum Gasteiger partial charge on any atom is 0.258 e. The molecule has 0 aliphatic rings. The second-order valence-corrected chi connectivity index (χ2v) is 6.39. The van der Waals surface area contributed by atoms with Gasteiger partial charge in [0.05, 0.1) is 12.2 Å². The smallest absolute Gasteiger partial charge is 0.258 e. The molecule has 0 unspecified atom stereocenters. The lowest BCUT2D eigenvalue weighted by Crippen LogP contribution is -2.40. The highest BCUT2D eigenvalue weighted by molar-refractivity contribution is 7.89. The second kappa shape index (κ2) is 6.42. The van der Waals surface area contributed by atoms with Crippen LogP contribution in [0.25, 0.3) is 0 Å². The number of aromatic nitrogens is 1. The van der Waals surface area contributed by atoms with Gasteiger partial charge in [0.25, 0.3) is 10.0 Å². The van der Waals surface area contributed by atoms with E-state index in [0.29, 0.717) is 12.2 Å². The lowest BCUT2D eigenvalue weighted by molar-refractivity contribution is -0.00515. The number of hydrogen-bond donors (Lipinski definition) is 2. The molecule has 0 saturated carbocycles. The maximum atomic E-state index is 12.0.